The lowest BCUT2D eigenvalue weighted by molar-refractivity contribution is -0.155. The number of aliphatic hydroxyl groups is 1. The van der Waals surface area contributed by atoms with Crippen molar-refractivity contribution in [1.82, 2.24) is 14.4 Å². The zero-order valence-electron chi connectivity index (χ0n) is 20.9. The highest BCUT2D eigenvalue weighted by Crippen LogP contribution is 2.42. The van der Waals surface area contributed by atoms with Gasteiger partial charge in [-0.1, -0.05) is 13.3 Å². The number of hydroxylamine groups is 1. The van der Waals surface area contributed by atoms with Crippen LogP contribution in [0.15, 0.2) is 46.1 Å². The maximum atomic E-state index is 15.4. The first-order valence-corrected chi connectivity index (χ1v) is 12.9. The molecule has 38 heavy (non-hydrogen) atoms. The Morgan fingerprint density at radius 1 is 1.32 bits per heavy atom. The summed E-state index contributed by atoms with van der Waals surface area (Å²) in [5.74, 6) is -1.27. The Morgan fingerprint density at radius 2 is 2.00 bits per heavy atom. The van der Waals surface area contributed by atoms with E-state index in [0.717, 1.165) is 42.3 Å². The second-order valence-corrected chi connectivity index (χ2v) is 9.85. The van der Waals surface area contributed by atoms with Crippen LogP contribution in [0.2, 0.25) is 0 Å². The van der Waals surface area contributed by atoms with Crippen LogP contribution in [0.3, 0.4) is 0 Å². The van der Waals surface area contributed by atoms with Crippen LogP contribution in [0.25, 0.3) is 0 Å². The summed E-state index contributed by atoms with van der Waals surface area (Å²) in [5.41, 5.74) is -4.16. The third kappa shape index (κ3) is 6.88. The largest absolute Gasteiger partial charge is 0.653 e. The van der Waals surface area contributed by atoms with E-state index < -0.39 is 68.0 Å². The lowest BCUT2D eigenvalue weighted by Gasteiger charge is -2.24. The molecule has 1 fully saturated rings. The topological polar surface area (TPSA) is 149 Å². The van der Waals surface area contributed by atoms with Crippen LogP contribution in [0, 0.1) is 5.82 Å². The van der Waals surface area contributed by atoms with Crippen LogP contribution in [0.1, 0.15) is 39.8 Å². The third-order valence-electron chi connectivity index (χ3n) is 5.76. The SMILES string of the molecule is CCCCOC(=O)C(C)N(Oc1ccc(F)cc1)[P+](=O)OC[C@H]1O[C@@H](n2ccc(=O)[nH]c2=O)[C@](C)(F)[C@@H]1O. The number of carbonyl (C=O) groups excluding carboxylic acids is 1. The van der Waals surface area contributed by atoms with E-state index in [1.165, 1.54) is 19.1 Å². The van der Waals surface area contributed by atoms with Crippen molar-refractivity contribution in [2.45, 2.75) is 63.8 Å². The molecule has 1 aromatic carbocycles. The fourth-order valence-corrected chi connectivity index (χ4v) is 4.47. The molecular formula is C23H29F2N3O9P+. The molecule has 2 aromatic rings. The molecule has 1 aliphatic heterocycles. The van der Waals surface area contributed by atoms with Gasteiger partial charge >= 0.3 is 19.8 Å². The Labute approximate surface area is 217 Å². The van der Waals surface area contributed by atoms with E-state index in [1.807, 2.05) is 11.9 Å². The monoisotopic (exact) mass is 560 g/mol. The number of esters is 1. The summed E-state index contributed by atoms with van der Waals surface area (Å²) in [6.07, 6.45) is -2.45. The molecule has 6 atom stereocenters. The van der Waals surface area contributed by atoms with E-state index in [2.05, 4.69) is 0 Å². The van der Waals surface area contributed by atoms with Gasteiger partial charge in [0.1, 0.15) is 29.5 Å². The number of nitrogens with one attached hydrogen (secondary N) is 1. The number of hydrogen-bond donors (Lipinski definition) is 2. The molecule has 1 aliphatic rings. The average Bonchev–Trinajstić information content (AvgIpc) is 3.10. The van der Waals surface area contributed by atoms with Gasteiger partial charge in [-0.3, -0.25) is 19.1 Å². The first kappa shape index (κ1) is 29.5. The first-order chi connectivity index (χ1) is 17.9. The Balaban J connectivity index is 1.74. The average molecular weight is 560 g/mol. The maximum absolute atomic E-state index is 15.4. The van der Waals surface area contributed by atoms with Crippen molar-refractivity contribution in [2.75, 3.05) is 13.2 Å². The quantitative estimate of drug-likeness (QED) is 0.171. The zero-order valence-corrected chi connectivity index (χ0v) is 21.8. The Kier molecular flexibility index (Phi) is 9.85. The number of nitrogens with zero attached hydrogens (tertiary/aromatic N) is 2. The molecule has 208 valence electrons. The van der Waals surface area contributed by atoms with Crippen LogP contribution in [0.4, 0.5) is 8.78 Å². The minimum atomic E-state index is -2.97. The highest BCUT2D eigenvalue weighted by atomic mass is 31.1. The second kappa shape index (κ2) is 12.7. The molecule has 0 amide bonds. The molecule has 15 heteroatoms. The van der Waals surface area contributed by atoms with Gasteiger partial charge in [0.25, 0.3) is 5.56 Å². The molecular weight excluding hydrogens is 531 g/mol. The molecule has 0 saturated carbocycles. The zero-order chi connectivity index (χ0) is 28.0. The van der Waals surface area contributed by atoms with Gasteiger partial charge in [-0.2, -0.15) is 0 Å². The molecule has 3 rings (SSSR count). The van der Waals surface area contributed by atoms with Crippen LogP contribution in [-0.2, 0) is 23.4 Å². The van der Waals surface area contributed by atoms with Gasteiger partial charge in [0, 0.05) is 12.3 Å². The van der Waals surface area contributed by atoms with Gasteiger partial charge in [-0.05, 0) is 49.1 Å². The molecule has 0 spiro atoms. The van der Waals surface area contributed by atoms with Crippen molar-refractivity contribution < 1.29 is 42.1 Å². The van der Waals surface area contributed by atoms with E-state index in [4.69, 9.17) is 18.8 Å². The summed E-state index contributed by atoms with van der Waals surface area (Å²) >= 11 is 0. The molecule has 12 nitrogen and oxygen atoms in total. The molecule has 0 aliphatic carbocycles. The van der Waals surface area contributed by atoms with Gasteiger partial charge in [-0.15, -0.1) is 4.52 Å². The molecule has 2 heterocycles. The molecule has 2 unspecified atom stereocenters. The van der Waals surface area contributed by atoms with Crippen LogP contribution < -0.4 is 16.1 Å². The maximum Gasteiger partial charge on any atom is 0.653 e. The third-order valence-corrected chi connectivity index (χ3v) is 6.88. The van der Waals surface area contributed by atoms with Gasteiger partial charge < -0.3 is 19.4 Å². The van der Waals surface area contributed by atoms with E-state index >= 15 is 4.39 Å². The lowest BCUT2D eigenvalue weighted by Crippen LogP contribution is -2.43. The molecule has 0 radical (unpaired) electrons. The predicted octanol–water partition coefficient (Wildman–Crippen LogP) is 2.36. The van der Waals surface area contributed by atoms with Crippen molar-refractivity contribution in [2.24, 2.45) is 0 Å². The molecule has 1 aromatic heterocycles. The first-order valence-electron chi connectivity index (χ1n) is 11.8. The smallest absolute Gasteiger partial charge is 0.464 e. The van der Waals surface area contributed by atoms with Gasteiger partial charge in [0.15, 0.2) is 23.7 Å². The van der Waals surface area contributed by atoms with Gasteiger partial charge in [-0.25, -0.2) is 13.6 Å². The summed E-state index contributed by atoms with van der Waals surface area (Å²) in [6, 6.07) is 4.41. The van der Waals surface area contributed by atoms with E-state index in [1.54, 1.807) is 0 Å². The highest BCUT2D eigenvalue weighted by molar-refractivity contribution is 7.36. The lowest BCUT2D eigenvalue weighted by atomic mass is 9.98. The number of aliphatic hydroxyl groups excluding tert-OH is 1. The van der Waals surface area contributed by atoms with Crippen molar-refractivity contribution >= 4 is 14.1 Å². The summed E-state index contributed by atoms with van der Waals surface area (Å²) in [5, 5.41) is 10.5. The van der Waals surface area contributed by atoms with E-state index in [-0.39, 0.29) is 12.4 Å². The van der Waals surface area contributed by atoms with Gasteiger partial charge in [0.05, 0.1) is 6.61 Å². The summed E-state index contributed by atoms with van der Waals surface area (Å²) in [6.45, 7) is 3.76. The van der Waals surface area contributed by atoms with E-state index in [0.29, 0.717) is 11.3 Å². The minimum absolute atomic E-state index is 0.0394. The van der Waals surface area contributed by atoms with E-state index in [9.17, 15) is 28.4 Å². The van der Waals surface area contributed by atoms with Crippen molar-refractivity contribution in [3.63, 3.8) is 0 Å². The molecule has 0 bridgehead atoms. The number of aromatic nitrogens is 2. The Bertz CT molecular complexity index is 1240. The fourth-order valence-electron chi connectivity index (χ4n) is 3.54. The number of alkyl halides is 1. The number of halogens is 2. The molecule has 1 saturated heterocycles. The molecule has 2 N–H and O–H groups in total. The standard InChI is InChI=1S/C23H28F2N3O9P/c1-4-5-12-34-20(31)14(2)28(37-16-8-6-15(24)7-9-16)38(33)35-13-17-19(30)23(3,25)21(36-17)27-11-10-18(29)26-22(27)32/h6-11,14,17,19,21,30H,4-5,12-13H2,1-3H3/p+1/t14?,17-,19-,21-,23-/m1/s1. The highest BCUT2D eigenvalue weighted by Gasteiger charge is 2.56. The second-order valence-electron chi connectivity index (χ2n) is 8.72. The number of H-pyrrole nitrogens is 1. The van der Waals surface area contributed by atoms with Crippen LogP contribution in [0.5, 0.6) is 5.75 Å². The number of hydrogen-bond acceptors (Lipinski definition) is 9. The fraction of sp³-hybridized carbons (Fsp3) is 0.522. The summed E-state index contributed by atoms with van der Waals surface area (Å²) in [4.78, 5) is 44.2. The number of aromatic amines is 1. The summed E-state index contributed by atoms with van der Waals surface area (Å²) < 4.78 is 58.5. The van der Waals surface area contributed by atoms with Crippen molar-refractivity contribution in [3.05, 3.63) is 63.2 Å². The number of ether oxygens (including phenoxy) is 2. The number of carbonyl (C=O) groups is 1. The van der Waals surface area contributed by atoms with Crippen molar-refractivity contribution in [3.8, 4) is 5.75 Å². The van der Waals surface area contributed by atoms with Crippen LogP contribution >= 0.6 is 8.18 Å². The van der Waals surface area contributed by atoms with Crippen LogP contribution in [-0.4, -0.2) is 62.6 Å². The number of unbranched alkanes of at least 4 members (excludes halogenated alkanes) is 1. The normalized spacial score (nSPS) is 24.3. The number of benzene rings is 1. The predicted molar refractivity (Wildman–Crippen MR) is 129 cm³/mol. The van der Waals surface area contributed by atoms with Crippen molar-refractivity contribution in [1.29, 1.82) is 0 Å². The minimum Gasteiger partial charge on any atom is -0.464 e. The Morgan fingerprint density at radius 3 is 2.63 bits per heavy atom. The number of rotatable bonds is 12. The summed E-state index contributed by atoms with van der Waals surface area (Å²) in [7, 11) is -2.97. The Hall–Kier alpha value is -3.03. The van der Waals surface area contributed by atoms with Gasteiger partial charge in [0.2, 0.25) is 0 Å².